The molecule has 0 radical (unpaired) electrons. The van der Waals surface area contributed by atoms with Gasteiger partial charge in [-0.2, -0.15) is 0 Å². The van der Waals surface area contributed by atoms with Crippen LogP contribution in [0.5, 0.6) is 0 Å². The number of benzene rings is 2. The first kappa shape index (κ1) is 13.1. The van der Waals surface area contributed by atoms with Gasteiger partial charge in [0.2, 0.25) is 6.41 Å². The Morgan fingerprint density at radius 3 is 2.59 bits per heavy atom. The van der Waals surface area contributed by atoms with Gasteiger partial charge in [-0.25, -0.2) is 0 Å². The summed E-state index contributed by atoms with van der Waals surface area (Å²) in [5.41, 5.74) is 4.30. The Morgan fingerprint density at radius 2 is 1.82 bits per heavy atom. The number of hydrogen-bond acceptors (Lipinski definition) is 1. The van der Waals surface area contributed by atoms with E-state index in [9.17, 15) is 4.79 Å². The number of fused-ring (bicyclic) bond motifs is 3. The molecule has 0 fully saturated rings. The lowest BCUT2D eigenvalue weighted by molar-refractivity contribution is -0.123. The zero-order valence-electron chi connectivity index (χ0n) is 12.5. The fraction of sp³-hybridized carbons (Fsp3) is 0.211. The highest BCUT2D eigenvalue weighted by Crippen LogP contribution is 2.42. The zero-order chi connectivity index (χ0) is 15.2. The molecule has 1 aliphatic rings. The quantitative estimate of drug-likeness (QED) is 0.721. The molecule has 1 aromatic heterocycles. The SMILES string of the molecule is CC1(c2ccccc2)c2[nH]c3ccccc3c2CCN1C=O. The predicted octanol–water partition coefficient (Wildman–Crippen LogP) is 3.45. The summed E-state index contributed by atoms with van der Waals surface area (Å²) in [6, 6.07) is 18.6. The molecule has 0 saturated heterocycles. The average molecular weight is 290 g/mol. The van der Waals surface area contributed by atoms with Crippen LogP contribution in [-0.4, -0.2) is 22.8 Å². The van der Waals surface area contributed by atoms with Gasteiger partial charge < -0.3 is 9.88 Å². The van der Waals surface area contributed by atoms with Crippen LogP contribution in [0.3, 0.4) is 0 Å². The van der Waals surface area contributed by atoms with E-state index in [4.69, 9.17) is 0 Å². The summed E-state index contributed by atoms with van der Waals surface area (Å²) in [7, 11) is 0. The second-order valence-electron chi connectivity index (χ2n) is 6.01. The molecule has 110 valence electrons. The van der Waals surface area contributed by atoms with Crippen molar-refractivity contribution in [3.63, 3.8) is 0 Å². The third-order valence-corrected chi connectivity index (χ3v) is 4.94. The smallest absolute Gasteiger partial charge is 0.210 e. The molecule has 1 unspecified atom stereocenters. The van der Waals surface area contributed by atoms with E-state index in [1.807, 2.05) is 29.2 Å². The zero-order valence-corrected chi connectivity index (χ0v) is 12.5. The first-order chi connectivity index (χ1) is 10.7. The van der Waals surface area contributed by atoms with Crippen molar-refractivity contribution in [3.05, 3.63) is 71.4 Å². The van der Waals surface area contributed by atoms with Gasteiger partial charge in [0, 0.05) is 23.1 Å². The second-order valence-corrected chi connectivity index (χ2v) is 6.01. The number of nitrogens with one attached hydrogen (secondary N) is 1. The fourth-order valence-electron chi connectivity index (χ4n) is 3.71. The van der Waals surface area contributed by atoms with E-state index in [-0.39, 0.29) is 0 Å². The van der Waals surface area contributed by atoms with Crippen molar-refractivity contribution in [2.75, 3.05) is 6.54 Å². The van der Waals surface area contributed by atoms with Gasteiger partial charge in [-0.15, -0.1) is 0 Å². The highest BCUT2D eigenvalue weighted by atomic mass is 16.1. The lowest BCUT2D eigenvalue weighted by Crippen LogP contribution is -2.48. The van der Waals surface area contributed by atoms with Crippen LogP contribution in [-0.2, 0) is 16.8 Å². The van der Waals surface area contributed by atoms with Gasteiger partial charge in [-0.05, 0) is 30.5 Å². The van der Waals surface area contributed by atoms with E-state index in [0.717, 1.165) is 36.1 Å². The predicted molar refractivity (Wildman–Crippen MR) is 87.7 cm³/mol. The van der Waals surface area contributed by atoms with Crippen LogP contribution >= 0.6 is 0 Å². The summed E-state index contributed by atoms with van der Waals surface area (Å²) in [6.07, 6.45) is 1.86. The van der Waals surface area contributed by atoms with Gasteiger partial charge in [-0.3, -0.25) is 4.79 Å². The molecule has 2 heterocycles. The molecule has 0 aliphatic carbocycles. The Bertz CT molecular complexity index is 837. The summed E-state index contributed by atoms with van der Waals surface area (Å²) < 4.78 is 0. The average Bonchev–Trinajstić information content (AvgIpc) is 2.96. The molecule has 3 nitrogen and oxygen atoms in total. The van der Waals surface area contributed by atoms with Crippen LogP contribution in [0.4, 0.5) is 0 Å². The van der Waals surface area contributed by atoms with E-state index in [2.05, 4.69) is 42.2 Å². The van der Waals surface area contributed by atoms with Gasteiger partial charge in [0.25, 0.3) is 0 Å². The monoisotopic (exact) mass is 290 g/mol. The number of aromatic nitrogens is 1. The number of carbonyl (C=O) groups excluding carboxylic acids is 1. The van der Waals surface area contributed by atoms with Crippen LogP contribution in [0, 0.1) is 0 Å². The number of H-pyrrole nitrogens is 1. The number of carbonyl (C=O) groups is 1. The first-order valence-electron chi connectivity index (χ1n) is 7.63. The molecule has 2 aromatic carbocycles. The Morgan fingerprint density at radius 1 is 1.09 bits per heavy atom. The third kappa shape index (κ3) is 1.65. The summed E-state index contributed by atoms with van der Waals surface area (Å²) in [6.45, 7) is 2.87. The van der Waals surface area contributed by atoms with Crippen LogP contribution in [0.15, 0.2) is 54.6 Å². The standard InChI is InChI=1S/C19H18N2O/c1-19(14-7-3-2-4-8-14)18-16(11-12-21(19)13-22)15-9-5-6-10-17(15)20-18/h2-10,13,20H,11-12H2,1H3. The van der Waals surface area contributed by atoms with E-state index < -0.39 is 5.54 Å². The lowest BCUT2D eigenvalue weighted by Gasteiger charge is -2.43. The highest BCUT2D eigenvalue weighted by Gasteiger charge is 2.41. The second kappa shape index (κ2) is 4.73. The third-order valence-electron chi connectivity index (χ3n) is 4.94. The molecule has 1 atom stereocenters. The number of amides is 1. The first-order valence-corrected chi connectivity index (χ1v) is 7.63. The minimum Gasteiger partial charge on any atom is -0.356 e. The number of aromatic amines is 1. The van der Waals surface area contributed by atoms with Gasteiger partial charge in [-0.1, -0.05) is 48.5 Å². The largest absolute Gasteiger partial charge is 0.356 e. The van der Waals surface area contributed by atoms with Gasteiger partial charge >= 0.3 is 0 Å². The summed E-state index contributed by atoms with van der Waals surface area (Å²) >= 11 is 0. The van der Waals surface area contributed by atoms with Crippen molar-refractivity contribution < 1.29 is 4.79 Å². The molecule has 22 heavy (non-hydrogen) atoms. The number of hydrogen-bond donors (Lipinski definition) is 1. The Balaban J connectivity index is 2.02. The molecule has 0 saturated carbocycles. The summed E-state index contributed by atoms with van der Waals surface area (Å²) in [5, 5.41) is 1.27. The van der Waals surface area contributed by atoms with Crippen molar-refractivity contribution in [3.8, 4) is 0 Å². The van der Waals surface area contributed by atoms with Crippen LogP contribution in [0.25, 0.3) is 10.9 Å². The lowest BCUT2D eigenvalue weighted by atomic mass is 9.81. The van der Waals surface area contributed by atoms with Crippen LogP contribution in [0.1, 0.15) is 23.7 Å². The maximum atomic E-state index is 11.7. The molecule has 3 aromatic rings. The van der Waals surface area contributed by atoms with Gasteiger partial charge in [0.1, 0.15) is 5.54 Å². The van der Waals surface area contributed by atoms with Crippen molar-refractivity contribution in [2.24, 2.45) is 0 Å². The molecule has 4 rings (SSSR count). The minimum atomic E-state index is -0.449. The van der Waals surface area contributed by atoms with E-state index in [1.165, 1.54) is 10.9 Å². The summed E-state index contributed by atoms with van der Waals surface area (Å²) in [5.74, 6) is 0. The van der Waals surface area contributed by atoms with E-state index >= 15 is 0 Å². The maximum absolute atomic E-state index is 11.7. The summed E-state index contributed by atoms with van der Waals surface area (Å²) in [4.78, 5) is 17.2. The molecule has 0 bridgehead atoms. The van der Waals surface area contributed by atoms with Crippen LogP contribution in [0.2, 0.25) is 0 Å². The molecule has 1 amide bonds. The highest BCUT2D eigenvalue weighted by molar-refractivity contribution is 5.86. The molecule has 3 heteroatoms. The Labute approximate surface area is 129 Å². The number of rotatable bonds is 2. The van der Waals surface area contributed by atoms with Crippen LogP contribution < -0.4 is 0 Å². The van der Waals surface area contributed by atoms with E-state index in [0.29, 0.717) is 0 Å². The van der Waals surface area contributed by atoms with Crippen molar-refractivity contribution in [1.29, 1.82) is 0 Å². The van der Waals surface area contributed by atoms with Crippen molar-refractivity contribution in [2.45, 2.75) is 18.9 Å². The number of para-hydroxylation sites is 1. The molecular formula is C19H18N2O. The molecule has 0 spiro atoms. The van der Waals surface area contributed by atoms with Crippen molar-refractivity contribution >= 4 is 17.3 Å². The maximum Gasteiger partial charge on any atom is 0.210 e. The Hall–Kier alpha value is -2.55. The fourth-order valence-corrected chi connectivity index (χ4v) is 3.71. The van der Waals surface area contributed by atoms with Gasteiger partial charge in [0.15, 0.2) is 0 Å². The molecule has 1 aliphatic heterocycles. The normalized spacial score (nSPS) is 20.9. The van der Waals surface area contributed by atoms with Gasteiger partial charge in [0.05, 0.1) is 0 Å². The topological polar surface area (TPSA) is 36.1 Å². The minimum absolute atomic E-state index is 0.449. The van der Waals surface area contributed by atoms with E-state index in [1.54, 1.807) is 0 Å². The molecular weight excluding hydrogens is 272 g/mol. The number of nitrogens with zero attached hydrogens (tertiary/aromatic N) is 1. The Kier molecular flexibility index (Phi) is 2.83. The van der Waals surface area contributed by atoms with Crippen molar-refractivity contribution in [1.82, 2.24) is 9.88 Å². The molecule has 1 N–H and O–H groups in total.